The van der Waals surface area contributed by atoms with E-state index in [9.17, 15) is 4.79 Å². The summed E-state index contributed by atoms with van der Waals surface area (Å²) in [4.78, 5) is 16.0. The maximum Gasteiger partial charge on any atom is 0.217 e. The molecule has 2 unspecified atom stereocenters. The van der Waals surface area contributed by atoms with E-state index < -0.39 is 0 Å². The average molecular weight is 477 g/mol. The topological polar surface area (TPSA) is 41.5 Å². The summed E-state index contributed by atoms with van der Waals surface area (Å²) in [5.74, 6) is 0.0626. The van der Waals surface area contributed by atoms with Crippen LogP contribution in [-0.2, 0) is 4.79 Å². The third kappa shape index (κ3) is 15.0. The van der Waals surface area contributed by atoms with E-state index in [2.05, 4.69) is 37.5 Å². The van der Waals surface area contributed by atoms with E-state index in [1.807, 2.05) is 0 Å². The van der Waals surface area contributed by atoms with Gasteiger partial charge in [0.25, 0.3) is 0 Å². The van der Waals surface area contributed by atoms with Crippen molar-refractivity contribution in [3.8, 4) is 0 Å². The van der Waals surface area contributed by atoms with Crippen molar-refractivity contribution in [3.63, 3.8) is 0 Å². The standard InChI is InChI=1S/C30H57N3O/c1-4-6-7-8-9-10-11-12-13-14-15-16-17-18-19-20-21-22-23-24-30-32-26-28-33(30,5-2)27-25-31-29(3)34/h21-22,26,30H,4-20,23-25,27-28H2,1-3H3/p+1/b22-21+. The highest BCUT2D eigenvalue weighted by Gasteiger charge is 2.37. The number of aliphatic imine (C=N–C) groups is 1. The van der Waals surface area contributed by atoms with E-state index in [0.717, 1.165) is 43.5 Å². The lowest BCUT2D eigenvalue weighted by atomic mass is 10.0. The Hall–Kier alpha value is -1.16. The van der Waals surface area contributed by atoms with Gasteiger partial charge < -0.3 is 5.32 Å². The highest BCUT2D eigenvalue weighted by Crippen LogP contribution is 2.23. The Morgan fingerprint density at radius 1 is 0.853 bits per heavy atom. The number of nitrogens with zero attached hydrogens (tertiary/aromatic N) is 2. The van der Waals surface area contributed by atoms with Gasteiger partial charge in [0.2, 0.25) is 5.91 Å². The Balaban J connectivity index is 1.93. The van der Waals surface area contributed by atoms with Gasteiger partial charge in [-0.05, 0) is 26.2 Å². The van der Waals surface area contributed by atoms with Gasteiger partial charge in [0.1, 0.15) is 6.54 Å². The van der Waals surface area contributed by atoms with Gasteiger partial charge in [-0.2, -0.15) is 0 Å². The zero-order valence-electron chi connectivity index (χ0n) is 23.2. The van der Waals surface area contributed by atoms with Crippen LogP contribution in [0, 0.1) is 0 Å². The Morgan fingerprint density at radius 2 is 1.38 bits per heavy atom. The summed E-state index contributed by atoms with van der Waals surface area (Å²) in [6.07, 6.45) is 32.1. The zero-order chi connectivity index (χ0) is 24.7. The van der Waals surface area contributed by atoms with E-state index in [4.69, 9.17) is 4.99 Å². The molecule has 0 aliphatic carbocycles. The number of carbonyl (C=O) groups is 1. The number of rotatable bonds is 23. The number of carbonyl (C=O) groups excluding carboxylic acids is 1. The van der Waals surface area contributed by atoms with Gasteiger partial charge in [-0.1, -0.05) is 109 Å². The number of nitrogens with one attached hydrogen (secondary N) is 1. The molecule has 1 heterocycles. The van der Waals surface area contributed by atoms with Crippen LogP contribution >= 0.6 is 0 Å². The quantitative estimate of drug-likeness (QED) is 0.0906. The maximum absolute atomic E-state index is 11.2. The molecule has 0 spiro atoms. The third-order valence-corrected chi connectivity index (χ3v) is 7.65. The molecular weight excluding hydrogens is 418 g/mol. The summed E-state index contributed by atoms with van der Waals surface area (Å²) in [5.41, 5.74) is 0. The second kappa shape index (κ2) is 21.1. The smallest absolute Gasteiger partial charge is 0.217 e. The molecule has 0 saturated carbocycles. The Bertz CT molecular complexity index is 545. The van der Waals surface area contributed by atoms with Gasteiger partial charge in [0, 0.05) is 13.3 Å². The molecule has 0 radical (unpaired) electrons. The van der Waals surface area contributed by atoms with Crippen molar-refractivity contribution in [2.45, 2.75) is 143 Å². The first-order chi connectivity index (χ1) is 16.6. The van der Waals surface area contributed by atoms with Crippen LogP contribution in [0.3, 0.4) is 0 Å². The Morgan fingerprint density at radius 3 is 1.91 bits per heavy atom. The second-order valence-electron chi connectivity index (χ2n) is 10.5. The molecule has 0 saturated heterocycles. The molecule has 2 atom stereocenters. The van der Waals surface area contributed by atoms with E-state index >= 15 is 0 Å². The van der Waals surface area contributed by atoms with Crippen LogP contribution in [0.5, 0.6) is 0 Å². The van der Waals surface area contributed by atoms with E-state index in [-0.39, 0.29) is 5.91 Å². The van der Waals surface area contributed by atoms with Crippen LogP contribution in [-0.4, -0.2) is 48.9 Å². The predicted molar refractivity (Wildman–Crippen MR) is 149 cm³/mol. The molecular formula is C30H58N3O+. The van der Waals surface area contributed by atoms with Crippen LogP contribution in [0.2, 0.25) is 0 Å². The lowest BCUT2D eigenvalue weighted by Gasteiger charge is -2.38. The number of unbranched alkanes of at least 4 members (excludes halogenated alkanes) is 15. The van der Waals surface area contributed by atoms with Gasteiger partial charge in [-0.25, -0.2) is 4.99 Å². The summed E-state index contributed by atoms with van der Waals surface area (Å²) in [5, 5.41) is 2.96. The van der Waals surface area contributed by atoms with Gasteiger partial charge in [-0.15, -0.1) is 0 Å². The highest BCUT2D eigenvalue weighted by atomic mass is 16.1. The average Bonchev–Trinajstić information content (AvgIpc) is 3.23. The lowest BCUT2D eigenvalue weighted by Crippen LogP contribution is -2.55. The van der Waals surface area contributed by atoms with Crippen molar-refractivity contribution in [2.75, 3.05) is 26.2 Å². The van der Waals surface area contributed by atoms with Crippen molar-refractivity contribution in [1.82, 2.24) is 5.32 Å². The van der Waals surface area contributed by atoms with Crippen LogP contribution in [0.4, 0.5) is 0 Å². The first-order valence-corrected chi connectivity index (χ1v) is 14.9. The molecule has 4 nitrogen and oxygen atoms in total. The Kier molecular flexibility index (Phi) is 19.2. The van der Waals surface area contributed by atoms with Crippen molar-refractivity contribution in [2.24, 2.45) is 4.99 Å². The fourth-order valence-corrected chi connectivity index (χ4v) is 5.25. The van der Waals surface area contributed by atoms with Crippen molar-refractivity contribution < 1.29 is 9.28 Å². The van der Waals surface area contributed by atoms with Crippen molar-refractivity contribution in [1.29, 1.82) is 0 Å². The summed E-state index contributed by atoms with van der Waals surface area (Å²) < 4.78 is 0.993. The monoisotopic (exact) mass is 476 g/mol. The van der Waals surface area contributed by atoms with Gasteiger partial charge in [0.15, 0.2) is 6.17 Å². The maximum atomic E-state index is 11.2. The minimum atomic E-state index is 0.0626. The van der Waals surface area contributed by atoms with Crippen LogP contribution in [0.1, 0.15) is 136 Å². The SMILES string of the molecule is CCCCCCCCCCCCCCCCC/C=C/CCC1N=CC[N+]1(CC)CCNC(C)=O. The second-order valence-corrected chi connectivity index (χ2v) is 10.5. The minimum absolute atomic E-state index is 0.0626. The number of likely N-dealkylation sites (N-methyl/N-ethyl adjacent to an activating group) is 1. The molecule has 1 rings (SSSR count). The van der Waals surface area contributed by atoms with Gasteiger partial charge in [0.05, 0.1) is 25.8 Å². The largest absolute Gasteiger partial charge is 0.351 e. The summed E-state index contributed by atoms with van der Waals surface area (Å²) in [6, 6.07) is 0. The van der Waals surface area contributed by atoms with Gasteiger partial charge >= 0.3 is 0 Å². The third-order valence-electron chi connectivity index (χ3n) is 7.65. The summed E-state index contributed by atoms with van der Waals surface area (Å²) in [6.45, 7) is 9.94. The van der Waals surface area contributed by atoms with E-state index in [0.29, 0.717) is 6.17 Å². The molecule has 1 amide bonds. The molecule has 0 bridgehead atoms. The number of amides is 1. The summed E-state index contributed by atoms with van der Waals surface area (Å²) >= 11 is 0. The molecule has 1 aliphatic heterocycles. The molecule has 0 aromatic carbocycles. The van der Waals surface area contributed by atoms with Crippen molar-refractivity contribution >= 4 is 12.1 Å². The van der Waals surface area contributed by atoms with Crippen LogP contribution < -0.4 is 5.32 Å². The van der Waals surface area contributed by atoms with Crippen LogP contribution in [0.25, 0.3) is 0 Å². The number of hydrogen-bond donors (Lipinski definition) is 1. The number of hydrogen-bond acceptors (Lipinski definition) is 2. The molecule has 0 aromatic rings. The number of allylic oxidation sites excluding steroid dienone is 2. The van der Waals surface area contributed by atoms with Crippen LogP contribution in [0.15, 0.2) is 17.1 Å². The zero-order valence-corrected chi connectivity index (χ0v) is 23.2. The fraction of sp³-hybridized carbons (Fsp3) is 0.867. The molecule has 34 heavy (non-hydrogen) atoms. The minimum Gasteiger partial charge on any atom is -0.351 e. The van der Waals surface area contributed by atoms with E-state index in [1.54, 1.807) is 6.92 Å². The molecule has 4 heteroatoms. The molecule has 0 aromatic heterocycles. The molecule has 1 aliphatic rings. The van der Waals surface area contributed by atoms with Crippen molar-refractivity contribution in [3.05, 3.63) is 12.2 Å². The van der Waals surface area contributed by atoms with Gasteiger partial charge in [-0.3, -0.25) is 9.28 Å². The highest BCUT2D eigenvalue weighted by molar-refractivity contribution is 5.72. The molecule has 1 N–H and O–H groups in total. The van der Waals surface area contributed by atoms with E-state index in [1.165, 1.54) is 103 Å². The first kappa shape index (κ1) is 30.9. The predicted octanol–water partition coefficient (Wildman–Crippen LogP) is 7.97. The lowest BCUT2D eigenvalue weighted by molar-refractivity contribution is -0.935. The normalized spacial score (nSPS) is 19.9. The molecule has 0 fully saturated rings. The number of quaternary nitrogens is 1. The first-order valence-electron chi connectivity index (χ1n) is 14.9. The fourth-order valence-electron chi connectivity index (χ4n) is 5.25. The Labute approximate surface area is 212 Å². The summed E-state index contributed by atoms with van der Waals surface area (Å²) in [7, 11) is 0. The molecule has 198 valence electrons.